The van der Waals surface area contributed by atoms with Crippen LogP contribution in [-0.2, 0) is 0 Å². The summed E-state index contributed by atoms with van der Waals surface area (Å²) in [6.07, 6.45) is 1.64. The minimum atomic E-state index is -0.210. The van der Waals surface area contributed by atoms with Crippen LogP contribution in [0.25, 0.3) is 10.8 Å². The number of amides is 1. The third-order valence-electron chi connectivity index (χ3n) is 2.99. The van der Waals surface area contributed by atoms with Gasteiger partial charge in [0, 0.05) is 10.4 Å². The van der Waals surface area contributed by atoms with E-state index >= 15 is 0 Å². The first kappa shape index (κ1) is 14.0. The number of benzene rings is 2. The molecule has 0 saturated heterocycles. The quantitative estimate of drug-likeness (QED) is 0.546. The predicted octanol–water partition coefficient (Wildman–Crippen LogP) is 4.43. The molecule has 0 spiro atoms. The molecule has 0 aliphatic carbocycles. The zero-order valence-corrected chi connectivity index (χ0v) is 13.3. The van der Waals surface area contributed by atoms with Crippen molar-refractivity contribution in [1.29, 1.82) is 0 Å². The molecule has 0 radical (unpaired) electrons. The highest BCUT2D eigenvalue weighted by atomic mass is 79.9. The van der Waals surface area contributed by atoms with Crippen molar-refractivity contribution in [3.63, 3.8) is 0 Å². The van der Waals surface area contributed by atoms with E-state index in [1.807, 2.05) is 48.5 Å². The van der Waals surface area contributed by atoms with Gasteiger partial charge in [-0.3, -0.25) is 4.79 Å². The maximum Gasteiger partial charge on any atom is 0.271 e. The third-order valence-corrected chi connectivity index (χ3v) is 4.54. The summed E-state index contributed by atoms with van der Waals surface area (Å²) in [5.74, 6) is -0.210. The van der Waals surface area contributed by atoms with Gasteiger partial charge in [0.25, 0.3) is 5.91 Å². The Morgan fingerprint density at radius 3 is 2.71 bits per heavy atom. The number of carbonyl (C=O) groups excluding carboxylic acids is 1. The van der Waals surface area contributed by atoms with Gasteiger partial charge in [-0.25, -0.2) is 5.43 Å². The predicted molar refractivity (Wildman–Crippen MR) is 91.0 cm³/mol. The summed E-state index contributed by atoms with van der Waals surface area (Å²) in [4.78, 5) is 13.2. The van der Waals surface area contributed by atoms with Gasteiger partial charge in [-0.15, -0.1) is 11.3 Å². The third kappa shape index (κ3) is 3.20. The molecule has 0 unspecified atom stereocenters. The van der Waals surface area contributed by atoms with Crippen LogP contribution in [0.3, 0.4) is 0 Å². The van der Waals surface area contributed by atoms with Crippen LogP contribution < -0.4 is 5.43 Å². The summed E-state index contributed by atoms with van der Waals surface area (Å²) in [5.41, 5.74) is 3.19. The van der Waals surface area contributed by atoms with Crippen LogP contribution in [0.4, 0.5) is 0 Å². The fraction of sp³-hybridized carbons (Fsp3) is 0. The van der Waals surface area contributed by atoms with Crippen LogP contribution in [-0.4, -0.2) is 12.1 Å². The Morgan fingerprint density at radius 1 is 1.10 bits per heavy atom. The summed E-state index contributed by atoms with van der Waals surface area (Å²) >= 11 is 4.94. The Labute approximate surface area is 134 Å². The fourth-order valence-corrected chi connectivity index (χ4v) is 3.33. The highest BCUT2D eigenvalue weighted by Crippen LogP contribution is 2.20. The van der Waals surface area contributed by atoms with Gasteiger partial charge < -0.3 is 0 Å². The van der Waals surface area contributed by atoms with Crippen molar-refractivity contribution in [2.45, 2.75) is 0 Å². The van der Waals surface area contributed by atoms with Gasteiger partial charge in [0.05, 0.1) is 10.0 Å². The topological polar surface area (TPSA) is 41.5 Å². The molecule has 0 aliphatic heterocycles. The van der Waals surface area contributed by atoms with Crippen LogP contribution >= 0.6 is 27.3 Å². The molecule has 0 atom stereocenters. The number of hydrazone groups is 1. The van der Waals surface area contributed by atoms with E-state index in [0.717, 1.165) is 19.4 Å². The molecule has 1 aromatic heterocycles. The molecule has 104 valence electrons. The van der Waals surface area contributed by atoms with E-state index < -0.39 is 0 Å². The summed E-state index contributed by atoms with van der Waals surface area (Å²) in [6.45, 7) is 0. The second-order valence-electron chi connectivity index (χ2n) is 4.37. The largest absolute Gasteiger partial charge is 0.271 e. The number of thiophene rings is 1. The van der Waals surface area contributed by atoms with Crippen LogP contribution in [0, 0.1) is 0 Å². The Hall–Kier alpha value is -1.98. The zero-order valence-electron chi connectivity index (χ0n) is 10.9. The van der Waals surface area contributed by atoms with Crippen molar-refractivity contribution in [1.82, 2.24) is 5.43 Å². The molecule has 1 N–H and O–H groups in total. The normalized spacial score (nSPS) is 11.1. The van der Waals surface area contributed by atoms with E-state index in [-0.39, 0.29) is 5.91 Å². The molecule has 2 aromatic carbocycles. The van der Waals surface area contributed by atoms with E-state index in [2.05, 4.69) is 26.5 Å². The second kappa shape index (κ2) is 6.20. The summed E-state index contributed by atoms with van der Waals surface area (Å²) in [7, 11) is 0. The Balaban J connectivity index is 1.80. The van der Waals surface area contributed by atoms with Crippen LogP contribution in [0.2, 0.25) is 0 Å². The highest BCUT2D eigenvalue weighted by Gasteiger charge is 2.08. The minimum absolute atomic E-state index is 0.210. The SMILES string of the molecule is O=C(NN=Cc1ccc(Br)s1)c1cccc2ccccc12. The van der Waals surface area contributed by atoms with Gasteiger partial charge >= 0.3 is 0 Å². The van der Waals surface area contributed by atoms with Gasteiger partial charge in [0.1, 0.15) is 0 Å². The molecule has 5 heteroatoms. The van der Waals surface area contributed by atoms with Gasteiger partial charge in [-0.2, -0.15) is 5.10 Å². The number of nitrogens with zero attached hydrogens (tertiary/aromatic N) is 1. The lowest BCUT2D eigenvalue weighted by Gasteiger charge is -2.04. The van der Waals surface area contributed by atoms with Crippen molar-refractivity contribution < 1.29 is 4.79 Å². The van der Waals surface area contributed by atoms with Gasteiger partial charge in [-0.05, 0) is 44.9 Å². The fourth-order valence-electron chi connectivity index (χ4n) is 2.04. The number of rotatable bonds is 3. The lowest BCUT2D eigenvalue weighted by Crippen LogP contribution is -2.17. The summed E-state index contributed by atoms with van der Waals surface area (Å²) in [6, 6.07) is 17.3. The molecule has 3 aromatic rings. The van der Waals surface area contributed by atoms with E-state index in [9.17, 15) is 4.79 Å². The first-order valence-corrected chi connectivity index (χ1v) is 7.91. The molecule has 1 heterocycles. The molecule has 0 saturated carbocycles. The van der Waals surface area contributed by atoms with Crippen LogP contribution in [0.15, 0.2) is 63.5 Å². The standard InChI is InChI=1S/C16H11BrN2OS/c17-15-9-8-12(21-15)10-18-19-16(20)14-7-3-5-11-4-1-2-6-13(11)14/h1-10H,(H,19,20). The smallest absolute Gasteiger partial charge is 0.267 e. The summed E-state index contributed by atoms with van der Waals surface area (Å²) in [5, 5.41) is 5.96. The molecule has 21 heavy (non-hydrogen) atoms. The number of nitrogens with one attached hydrogen (secondary N) is 1. The van der Waals surface area contributed by atoms with Gasteiger partial charge in [-0.1, -0.05) is 36.4 Å². The second-order valence-corrected chi connectivity index (χ2v) is 6.86. The van der Waals surface area contributed by atoms with Gasteiger partial charge in [0.15, 0.2) is 0 Å². The molecular weight excluding hydrogens is 348 g/mol. The molecule has 3 rings (SSSR count). The van der Waals surface area contributed by atoms with E-state index in [1.54, 1.807) is 23.6 Å². The number of carbonyl (C=O) groups is 1. The number of fused-ring (bicyclic) bond motifs is 1. The maximum atomic E-state index is 12.2. The highest BCUT2D eigenvalue weighted by molar-refractivity contribution is 9.11. The summed E-state index contributed by atoms with van der Waals surface area (Å²) < 4.78 is 1.03. The number of hydrogen-bond acceptors (Lipinski definition) is 3. The molecule has 0 bridgehead atoms. The first-order chi connectivity index (χ1) is 10.2. The maximum absolute atomic E-state index is 12.2. The lowest BCUT2D eigenvalue weighted by molar-refractivity contribution is 0.0957. The Kier molecular flexibility index (Phi) is 4.13. The molecule has 3 nitrogen and oxygen atoms in total. The Bertz CT molecular complexity index is 821. The van der Waals surface area contributed by atoms with Crippen LogP contribution in [0.5, 0.6) is 0 Å². The average molecular weight is 359 g/mol. The van der Waals surface area contributed by atoms with Crippen molar-refractivity contribution >= 4 is 50.2 Å². The molecule has 0 fully saturated rings. The van der Waals surface area contributed by atoms with Crippen molar-refractivity contribution in [3.05, 3.63) is 68.8 Å². The zero-order chi connectivity index (χ0) is 14.7. The number of hydrogen-bond donors (Lipinski definition) is 1. The Morgan fingerprint density at radius 2 is 1.90 bits per heavy atom. The van der Waals surface area contributed by atoms with Crippen molar-refractivity contribution in [3.8, 4) is 0 Å². The monoisotopic (exact) mass is 358 g/mol. The van der Waals surface area contributed by atoms with Gasteiger partial charge in [0.2, 0.25) is 0 Å². The molecular formula is C16H11BrN2OS. The number of halogens is 1. The van der Waals surface area contributed by atoms with Crippen molar-refractivity contribution in [2.24, 2.45) is 5.10 Å². The van der Waals surface area contributed by atoms with Crippen molar-refractivity contribution in [2.75, 3.05) is 0 Å². The molecule has 1 amide bonds. The first-order valence-electron chi connectivity index (χ1n) is 6.30. The minimum Gasteiger partial charge on any atom is -0.267 e. The van der Waals surface area contributed by atoms with E-state index in [1.165, 1.54) is 0 Å². The molecule has 0 aliphatic rings. The van der Waals surface area contributed by atoms with E-state index in [4.69, 9.17) is 0 Å². The lowest BCUT2D eigenvalue weighted by atomic mass is 10.0. The van der Waals surface area contributed by atoms with E-state index in [0.29, 0.717) is 5.56 Å². The van der Waals surface area contributed by atoms with Crippen LogP contribution in [0.1, 0.15) is 15.2 Å². The average Bonchev–Trinajstić information content (AvgIpc) is 2.92.